The summed E-state index contributed by atoms with van der Waals surface area (Å²) >= 11 is 0. The van der Waals surface area contributed by atoms with Gasteiger partial charge in [-0.15, -0.1) is 0 Å². The first-order chi connectivity index (χ1) is 14.2. The van der Waals surface area contributed by atoms with E-state index in [2.05, 4.69) is 32.1 Å². The van der Waals surface area contributed by atoms with Crippen molar-refractivity contribution in [1.29, 1.82) is 0 Å². The molecule has 2 aliphatic heterocycles. The quantitative estimate of drug-likeness (QED) is 0.839. The van der Waals surface area contributed by atoms with Crippen LogP contribution in [0.3, 0.4) is 0 Å². The van der Waals surface area contributed by atoms with Crippen LogP contribution in [-0.4, -0.2) is 56.6 Å². The van der Waals surface area contributed by atoms with Crippen molar-refractivity contribution < 1.29 is 9.18 Å². The normalized spacial score (nSPS) is 18.0. The van der Waals surface area contributed by atoms with E-state index in [9.17, 15) is 9.18 Å². The van der Waals surface area contributed by atoms with E-state index in [1.54, 1.807) is 0 Å². The van der Waals surface area contributed by atoms with E-state index in [0.717, 1.165) is 50.6 Å². The number of carbonyl (C=O) groups is 1. The molecule has 4 rings (SSSR count). The third-order valence-corrected chi connectivity index (χ3v) is 5.80. The standard InChI is InChI=1S/C23H29FN4O/c24-19-4-8-21(9-5-19)28-16-14-26(15-17-28)18-23(29)25-20-6-10-22(11-7-20)27-12-2-1-3-13-27/h4-11H,1-3,12-18H2,(H,25,29). The highest BCUT2D eigenvalue weighted by Crippen LogP contribution is 2.22. The molecule has 154 valence electrons. The van der Waals surface area contributed by atoms with Crippen molar-refractivity contribution >= 4 is 23.0 Å². The molecule has 0 unspecified atom stereocenters. The van der Waals surface area contributed by atoms with Gasteiger partial charge < -0.3 is 15.1 Å². The topological polar surface area (TPSA) is 38.8 Å². The lowest BCUT2D eigenvalue weighted by molar-refractivity contribution is -0.117. The number of hydrogen-bond acceptors (Lipinski definition) is 4. The van der Waals surface area contributed by atoms with E-state index in [0.29, 0.717) is 6.54 Å². The summed E-state index contributed by atoms with van der Waals surface area (Å²) in [6.45, 7) is 5.95. The van der Waals surface area contributed by atoms with Gasteiger partial charge in [0, 0.05) is 56.3 Å². The Kier molecular flexibility index (Phi) is 6.30. The molecule has 0 aromatic heterocycles. The van der Waals surface area contributed by atoms with Crippen LogP contribution in [0.5, 0.6) is 0 Å². The second-order valence-corrected chi connectivity index (χ2v) is 7.88. The summed E-state index contributed by atoms with van der Waals surface area (Å²) in [5, 5.41) is 3.01. The monoisotopic (exact) mass is 396 g/mol. The smallest absolute Gasteiger partial charge is 0.238 e. The van der Waals surface area contributed by atoms with Crippen molar-refractivity contribution in [2.75, 3.05) is 60.9 Å². The Bertz CT molecular complexity index is 795. The van der Waals surface area contributed by atoms with Crippen LogP contribution >= 0.6 is 0 Å². The predicted molar refractivity (Wildman–Crippen MR) is 116 cm³/mol. The molecule has 2 saturated heterocycles. The zero-order chi connectivity index (χ0) is 20.1. The largest absolute Gasteiger partial charge is 0.372 e. The number of anilines is 3. The Morgan fingerprint density at radius 3 is 1.93 bits per heavy atom. The highest BCUT2D eigenvalue weighted by atomic mass is 19.1. The maximum Gasteiger partial charge on any atom is 0.238 e. The fraction of sp³-hybridized carbons (Fsp3) is 0.435. The number of amides is 1. The van der Waals surface area contributed by atoms with Gasteiger partial charge >= 0.3 is 0 Å². The third kappa shape index (κ3) is 5.26. The summed E-state index contributed by atoms with van der Waals surface area (Å²) in [6.07, 6.45) is 3.84. The SMILES string of the molecule is O=C(CN1CCN(c2ccc(F)cc2)CC1)Nc1ccc(N2CCCCC2)cc1. The van der Waals surface area contributed by atoms with Crippen LogP contribution in [0.2, 0.25) is 0 Å². The predicted octanol–water partition coefficient (Wildman–Crippen LogP) is 3.58. The van der Waals surface area contributed by atoms with Gasteiger partial charge in [-0.1, -0.05) is 0 Å². The van der Waals surface area contributed by atoms with Crippen LogP contribution in [0.4, 0.5) is 21.5 Å². The summed E-state index contributed by atoms with van der Waals surface area (Å²) in [6, 6.07) is 14.8. The van der Waals surface area contributed by atoms with E-state index in [4.69, 9.17) is 0 Å². The molecule has 0 saturated carbocycles. The molecule has 1 amide bonds. The van der Waals surface area contributed by atoms with E-state index >= 15 is 0 Å². The average molecular weight is 397 g/mol. The summed E-state index contributed by atoms with van der Waals surface area (Å²) in [5.74, 6) is -0.195. The van der Waals surface area contributed by atoms with Crippen molar-refractivity contribution in [2.45, 2.75) is 19.3 Å². The van der Waals surface area contributed by atoms with Gasteiger partial charge in [0.2, 0.25) is 5.91 Å². The molecule has 29 heavy (non-hydrogen) atoms. The lowest BCUT2D eigenvalue weighted by atomic mass is 10.1. The zero-order valence-electron chi connectivity index (χ0n) is 16.8. The number of nitrogens with one attached hydrogen (secondary N) is 1. The van der Waals surface area contributed by atoms with Crippen molar-refractivity contribution in [3.8, 4) is 0 Å². The molecule has 5 nitrogen and oxygen atoms in total. The summed E-state index contributed by atoms with van der Waals surface area (Å²) in [7, 11) is 0. The van der Waals surface area contributed by atoms with Gasteiger partial charge in [-0.25, -0.2) is 4.39 Å². The third-order valence-electron chi connectivity index (χ3n) is 5.80. The second-order valence-electron chi connectivity index (χ2n) is 7.88. The maximum absolute atomic E-state index is 13.1. The molecule has 0 atom stereocenters. The number of piperidine rings is 1. The van der Waals surface area contributed by atoms with Crippen LogP contribution < -0.4 is 15.1 Å². The Morgan fingerprint density at radius 1 is 0.759 bits per heavy atom. The minimum atomic E-state index is -0.215. The Balaban J connectivity index is 1.23. The molecule has 0 bridgehead atoms. The fourth-order valence-electron chi connectivity index (χ4n) is 4.13. The average Bonchev–Trinajstić information content (AvgIpc) is 2.76. The van der Waals surface area contributed by atoms with Crippen LogP contribution in [0.1, 0.15) is 19.3 Å². The molecule has 2 aliphatic rings. The number of hydrogen-bond donors (Lipinski definition) is 1. The number of benzene rings is 2. The minimum absolute atomic E-state index is 0.0194. The summed E-state index contributed by atoms with van der Waals surface area (Å²) in [4.78, 5) is 19.2. The molecule has 2 heterocycles. The molecule has 0 radical (unpaired) electrons. The van der Waals surface area contributed by atoms with Crippen LogP contribution in [0, 0.1) is 5.82 Å². The number of carbonyl (C=O) groups excluding carboxylic acids is 1. The second kappa shape index (κ2) is 9.27. The first-order valence-corrected chi connectivity index (χ1v) is 10.6. The Morgan fingerprint density at radius 2 is 1.31 bits per heavy atom. The van der Waals surface area contributed by atoms with E-state index in [1.165, 1.54) is 37.1 Å². The Labute approximate surface area is 172 Å². The lowest BCUT2D eigenvalue weighted by Crippen LogP contribution is -2.48. The van der Waals surface area contributed by atoms with Crippen LogP contribution in [0.15, 0.2) is 48.5 Å². The lowest BCUT2D eigenvalue weighted by Gasteiger charge is -2.35. The highest BCUT2D eigenvalue weighted by molar-refractivity contribution is 5.92. The molecule has 0 aliphatic carbocycles. The first kappa shape index (κ1) is 19.7. The molecule has 2 aromatic rings. The molecular weight excluding hydrogens is 367 g/mol. The number of halogens is 1. The molecule has 2 aromatic carbocycles. The number of rotatable bonds is 5. The minimum Gasteiger partial charge on any atom is -0.372 e. The van der Waals surface area contributed by atoms with E-state index < -0.39 is 0 Å². The van der Waals surface area contributed by atoms with Gasteiger partial charge in [-0.2, -0.15) is 0 Å². The van der Waals surface area contributed by atoms with Gasteiger partial charge in [0.15, 0.2) is 0 Å². The van der Waals surface area contributed by atoms with Gasteiger partial charge in [-0.05, 0) is 67.8 Å². The van der Waals surface area contributed by atoms with Gasteiger partial charge in [0.1, 0.15) is 5.82 Å². The van der Waals surface area contributed by atoms with Crippen molar-refractivity contribution in [1.82, 2.24) is 4.90 Å². The van der Waals surface area contributed by atoms with Gasteiger partial charge in [0.05, 0.1) is 6.54 Å². The van der Waals surface area contributed by atoms with Crippen molar-refractivity contribution in [3.05, 3.63) is 54.3 Å². The molecule has 0 spiro atoms. The van der Waals surface area contributed by atoms with Crippen molar-refractivity contribution in [3.63, 3.8) is 0 Å². The number of nitrogens with zero attached hydrogens (tertiary/aromatic N) is 3. The molecular formula is C23H29FN4O. The zero-order valence-corrected chi connectivity index (χ0v) is 16.8. The van der Waals surface area contributed by atoms with E-state index in [1.807, 2.05) is 24.3 Å². The molecule has 6 heteroatoms. The first-order valence-electron chi connectivity index (χ1n) is 10.6. The van der Waals surface area contributed by atoms with Crippen LogP contribution in [0.25, 0.3) is 0 Å². The maximum atomic E-state index is 13.1. The summed E-state index contributed by atoms with van der Waals surface area (Å²) < 4.78 is 13.1. The van der Waals surface area contributed by atoms with Crippen LogP contribution in [-0.2, 0) is 4.79 Å². The van der Waals surface area contributed by atoms with Gasteiger partial charge in [-0.3, -0.25) is 9.69 Å². The van der Waals surface area contributed by atoms with Gasteiger partial charge in [0.25, 0.3) is 0 Å². The van der Waals surface area contributed by atoms with Crippen molar-refractivity contribution in [2.24, 2.45) is 0 Å². The Hall–Kier alpha value is -2.60. The number of piperazine rings is 1. The highest BCUT2D eigenvalue weighted by Gasteiger charge is 2.19. The summed E-state index contributed by atoms with van der Waals surface area (Å²) in [5.41, 5.74) is 3.12. The fourth-order valence-corrected chi connectivity index (χ4v) is 4.13. The molecule has 1 N–H and O–H groups in total. The van der Waals surface area contributed by atoms with E-state index in [-0.39, 0.29) is 11.7 Å². The molecule has 2 fully saturated rings.